The molecular formula is C32H34N2O6. The van der Waals surface area contributed by atoms with Gasteiger partial charge >= 0.3 is 11.9 Å². The lowest BCUT2D eigenvalue weighted by atomic mass is 9.83. The van der Waals surface area contributed by atoms with Crippen molar-refractivity contribution in [1.82, 2.24) is 0 Å². The molecule has 3 aromatic rings. The van der Waals surface area contributed by atoms with E-state index in [1.165, 1.54) is 0 Å². The van der Waals surface area contributed by atoms with E-state index in [-0.39, 0.29) is 35.5 Å². The zero-order valence-corrected chi connectivity index (χ0v) is 22.6. The first-order valence-corrected chi connectivity index (χ1v) is 13.7. The lowest BCUT2D eigenvalue weighted by Gasteiger charge is -2.31. The molecule has 4 rings (SSSR count). The number of Topliss-reactive ketones (excluding diaryl/α,β-unsaturated/α-hetero) is 1. The number of pyridine rings is 1. The monoisotopic (exact) mass is 542 g/mol. The highest BCUT2D eigenvalue weighted by atomic mass is 16.4. The number of benzene rings is 2. The quantitative estimate of drug-likeness (QED) is 0.231. The predicted octanol–water partition coefficient (Wildman–Crippen LogP) is 4.20. The molecule has 0 atom stereocenters. The summed E-state index contributed by atoms with van der Waals surface area (Å²) < 4.78 is 2.16. The Hall–Kier alpha value is -4.46. The van der Waals surface area contributed by atoms with Crippen molar-refractivity contribution in [3.05, 3.63) is 83.3 Å². The van der Waals surface area contributed by atoms with E-state index in [1.54, 1.807) is 30.3 Å². The topological polar surface area (TPSA) is 122 Å². The van der Waals surface area contributed by atoms with Gasteiger partial charge in [0.2, 0.25) is 11.2 Å². The van der Waals surface area contributed by atoms with E-state index in [9.17, 15) is 19.5 Å². The van der Waals surface area contributed by atoms with Gasteiger partial charge in [-0.3, -0.25) is 14.4 Å². The third kappa shape index (κ3) is 6.57. The van der Waals surface area contributed by atoms with Gasteiger partial charge < -0.3 is 20.2 Å². The Labute approximate surface area is 233 Å². The van der Waals surface area contributed by atoms with Gasteiger partial charge in [0.25, 0.3) is 0 Å². The number of allylic oxidation sites excluding steroid dienone is 2. The van der Waals surface area contributed by atoms with Crippen LogP contribution < -0.4 is 14.6 Å². The molecule has 1 aromatic heterocycles. The second kappa shape index (κ2) is 13.1. The number of fused-ring (bicyclic) bond motifs is 1. The minimum absolute atomic E-state index is 0.0131. The third-order valence-corrected chi connectivity index (χ3v) is 7.10. The summed E-state index contributed by atoms with van der Waals surface area (Å²) in [5, 5.41) is 32.2. The van der Waals surface area contributed by atoms with Crippen LogP contribution in [-0.4, -0.2) is 41.0 Å². The highest BCUT2D eigenvalue weighted by Gasteiger charge is 2.29. The molecule has 8 heteroatoms. The lowest BCUT2D eigenvalue weighted by molar-refractivity contribution is -0.673. The number of carbonyl (C=O) groups excluding carboxylic acids is 1. The van der Waals surface area contributed by atoms with Crippen LogP contribution in [0.1, 0.15) is 56.7 Å². The van der Waals surface area contributed by atoms with Crippen LogP contribution >= 0.6 is 0 Å². The van der Waals surface area contributed by atoms with Crippen molar-refractivity contribution in [3.8, 4) is 0 Å². The van der Waals surface area contributed by atoms with Gasteiger partial charge in [0.05, 0.1) is 0 Å². The van der Waals surface area contributed by atoms with Gasteiger partial charge in [-0.1, -0.05) is 43.4 Å². The fraction of sp³-hybridized carbons (Fsp3) is 0.312. The van der Waals surface area contributed by atoms with E-state index in [0.29, 0.717) is 31.5 Å². The Morgan fingerprint density at radius 2 is 1.55 bits per heavy atom. The van der Waals surface area contributed by atoms with Crippen LogP contribution in [0.25, 0.3) is 22.6 Å². The maximum atomic E-state index is 13.1. The van der Waals surface area contributed by atoms with Crippen molar-refractivity contribution in [2.24, 2.45) is 0 Å². The fourth-order valence-corrected chi connectivity index (χ4v) is 4.98. The first kappa shape index (κ1) is 28.5. The summed E-state index contributed by atoms with van der Waals surface area (Å²) >= 11 is 0. The number of nitrogens with zero attached hydrogens (tertiary/aromatic N) is 2. The summed E-state index contributed by atoms with van der Waals surface area (Å²) in [7, 11) is 0. The van der Waals surface area contributed by atoms with E-state index in [0.717, 1.165) is 41.7 Å². The average Bonchev–Trinajstić information content (AvgIpc) is 2.94. The van der Waals surface area contributed by atoms with E-state index >= 15 is 0 Å². The van der Waals surface area contributed by atoms with Crippen LogP contribution in [0.4, 0.5) is 5.69 Å². The summed E-state index contributed by atoms with van der Waals surface area (Å²) in [6.45, 7) is 3.82. The standard InChI is InChI=1S/C32H34N2O6/c1-2-3-20-34-25(17-12-22-8-4-5-9-27(22)34)21-26-31(39)30(32(26)40)23-13-15-24(16-14-23)33(18-6-10-28(35)36)19-7-11-29(37)38/h4-5,8-9,12-17,21H,2-3,6-7,10-11,18-20H2,1H3,(H2-,35,36,37,38,39,40). The molecule has 1 aliphatic rings. The molecule has 0 aliphatic heterocycles. The number of unbranched alkanes of at least 4 members (excludes halogenated alkanes) is 1. The van der Waals surface area contributed by atoms with Crippen molar-refractivity contribution in [3.63, 3.8) is 0 Å². The normalized spacial score (nSPS) is 14.0. The fourth-order valence-electron chi connectivity index (χ4n) is 4.98. The Kier molecular flexibility index (Phi) is 9.32. The van der Waals surface area contributed by atoms with Crippen molar-refractivity contribution < 1.29 is 34.3 Å². The number of hydrogen-bond donors (Lipinski definition) is 2. The van der Waals surface area contributed by atoms with Crippen LogP contribution in [0.3, 0.4) is 0 Å². The smallest absolute Gasteiger partial charge is 0.303 e. The second-order valence-corrected chi connectivity index (χ2v) is 9.94. The zero-order chi connectivity index (χ0) is 28.6. The third-order valence-electron chi connectivity index (χ3n) is 7.10. The molecule has 0 saturated carbocycles. The maximum Gasteiger partial charge on any atom is 0.303 e. The minimum Gasteiger partial charge on any atom is -0.871 e. The van der Waals surface area contributed by atoms with Gasteiger partial charge in [-0.15, -0.1) is 0 Å². The summed E-state index contributed by atoms with van der Waals surface area (Å²) in [6, 6.07) is 19.0. The molecular weight excluding hydrogens is 508 g/mol. The zero-order valence-electron chi connectivity index (χ0n) is 22.6. The van der Waals surface area contributed by atoms with Gasteiger partial charge in [0, 0.05) is 72.8 Å². The number of aryl methyl sites for hydroxylation is 1. The van der Waals surface area contributed by atoms with Crippen molar-refractivity contribution in [2.75, 3.05) is 18.0 Å². The van der Waals surface area contributed by atoms with Crippen molar-refractivity contribution in [1.29, 1.82) is 0 Å². The molecule has 0 fully saturated rings. The molecule has 2 N–H and O–H groups in total. The first-order chi connectivity index (χ1) is 19.3. The molecule has 1 heterocycles. The second-order valence-electron chi connectivity index (χ2n) is 9.94. The number of para-hydroxylation sites is 1. The van der Waals surface area contributed by atoms with Crippen LogP contribution in [0.15, 0.2) is 72.0 Å². The largest absolute Gasteiger partial charge is 0.871 e. The SMILES string of the molecule is CCCC[n+]1c(C=C2C(=O)C(c3ccc(N(CCCC(=O)O)CCCC(=O)O)cc3)=C2[O-])ccc2ccccc21. The van der Waals surface area contributed by atoms with Crippen molar-refractivity contribution in [2.45, 2.75) is 52.0 Å². The number of hydrogen-bond acceptors (Lipinski definition) is 5. The first-order valence-electron chi connectivity index (χ1n) is 13.7. The van der Waals surface area contributed by atoms with Crippen LogP contribution in [0.5, 0.6) is 0 Å². The summed E-state index contributed by atoms with van der Waals surface area (Å²) in [4.78, 5) is 36.9. The van der Waals surface area contributed by atoms with E-state index in [2.05, 4.69) is 11.5 Å². The number of aliphatic carboxylic acids is 2. The van der Waals surface area contributed by atoms with Crippen molar-refractivity contribution >= 4 is 46.0 Å². The molecule has 1 aliphatic carbocycles. The predicted molar refractivity (Wildman–Crippen MR) is 151 cm³/mol. The van der Waals surface area contributed by atoms with Gasteiger partial charge in [0.15, 0.2) is 5.78 Å². The summed E-state index contributed by atoms with van der Waals surface area (Å²) in [5.74, 6) is -2.34. The molecule has 208 valence electrons. The Morgan fingerprint density at radius 3 is 2.15 bits per heavy atom. The molecule has 0 amide bonds. The Bertz CT molecular complexity index is 1450. The molecule has 40 heavy (non-hydrogen) atoms. The highest BCUT2D eigenvalue weighted by molar-refractivity contribution is 6.40. The molecule has 0 unspecified atom stereocenters. The van der Waals surface area contributed by atoms with Gasteiger partial charge in [-0.2, -0.15) is 4.57 Å². The average molecular weight is 543 g/mol. The minimum atomic E-state index is -0.886. The number of carboxylic acid groups (broad SMARTS) is 2. The van der Waals surface area contributed by atoms with E-state index < -0.39 is 11.9 Å². The van der Waals surface area contributed by atoms with E-state index in [4.69, 9.17) is 10.2 Å². The maximum absolute atomic E-state index is 13.1. The Balaban J connectivity index is 1.57. The molecule has 2 aromatic carbocycles. The highest BCUT2D eigenvalue weighted by Crippen LogP contribution is 2.36. The van der Waals surface area contributed by atoms with Gasteiger partial charge in [-0.05, 0) is 42.7 Å². The van der Waals surface area contributed by atoms with Crippen LogP contribution in [0, 0.1) is 0 Å². The number of anilines is 1. The van der Waals surface area contributed by atoms with E-state index in [1.807, 2.05) is 41.3 Å². The molecule has 0 spiro atoms. The number of aromatic nitrogens is 1. The number of rotatable bonds is 14. The summed E-state index contributed by atoms with van der Waals surface area (Å²) in [5.41, 5.74) is 3.51. The summed E-state index contributed by atoms with van der Waals surface area (Å²) in [6.07, 6.45) is 4.55. The number of carbonyl (C=O) groups is 3. The Morgan fingerprint density at radius 1 is 0.900 bits per heavy atom. The molecule has 8 nitrogen and oxygen atoms in total. The molecule has 0 saturated heterocycles. The lowest BCUT2D eigenvalue weighted by Crippen LogP contribution is -2.38. The number of ketones is 1. The van der Waals surface area contributed by atoms with Gasteiger partial charge in [0.1, 0.15) is 6.54 Å². The van der Waals surface area contributed by atoms with Crippen LogP contribution in [-0.2, 0) is 20.9 Å². The van der Waals surface area contributed by atoms with Crippen LogP contribution in [0.2, 0.25) is 0 Å². The molecule has 0 bridgehead atoms. The molecule has 0 radical (unpaired) electrons. The number of carboxylic acids is 2. The van der Waals surface area contributed by atoms with Gasteiger partial charge in [-0.25, -0.2) is 0 Å².